The van der Waals surface area contributed by atoms with Crippen molar-refractivity contribution in [3.8, 4) is 11.6 Å². The van der Waals surface area contributed by atoms with E-state index < -0.39 is 0 Å². The van der Waals surface area contributed by atoms with Gasteiger partial charge < -0.3 is 9.30 Å². The number of hydrogen-bond donors (Lipinski definition) is 0. The molecule has 0 saturated heterocycles. The molecule has 1 aliphatic rings. The Morgan fingerprint density at radius 2 is 2.15 bits per heavy atom. The molecule has 104 valence electrons. The van der Waals surface area contributed by atoms with Gasteiger partial charge in [-0.25, -0.2) is 4.98 Å². The van der Waals surface area contributed by atoms with Crippen molar-refractivity contribution >= 4 is 5.78 Å². The predicted molar refractivity (Wildman–Crippen MR) is 76.7 cm³/mol. The van der Waals surface area contributed by atoms with Crippen molar-refractivity contribution in [3.05, 3.63) is 41.3 Å². The zero-order valence-corrected chi connectivity index (χ0v) is 12.0. The van der Waals surface area contributed by atoms with Gasteiger partial charge in [-0.2, -0.15) is 0 Å². The molecule has 2 heterocycles. The molecule has 20 heavy (non-hydrogen) atoms. The predicted octanol–water partition coefficient (Wildman–Crippen LogP) is 2.95. The number of aromatic nitrogens is 2. The van der Waals surface area contributed by atoms with Crippen molar-refractivity contribution in [3.63, 3.8) is 0 Å². The highest BCUT2D eigenvalue weighted by atomic mass is 16.5. The normalized spacial score (nSPS) is 17.9. The number of pyridine rings is 1. The average Bonchev–Trinajstić information content (AvgIpc) is 2.76. The lowest BCUT2D eigenvalue weighted by Gasteiger charge is -2.20. The molecule has 1 unspecified atom stereocenters. The van der Waals surface area contributed by atoms with Crippen LogP contribution in [0, 0.1) is 12.8 Å². The number of carbonyl (C=O) groups is 1. The van der Waals surface area contributed by atoms with Gasteiger partial charge in [0.15, 0.2) is 5.78 Å². The Labute approximate surface area is 118 Å². The van der Waals surface area contributed by atoms with E-state index in [-0.39, 0.29) is 5.78 Å². The molecule has 0 aliphatic heterocycles. The number of Topliss-reactive ketones (excluding diaryl/α,β-unsaturated/α-hetero) is 1. The Morgan fingerprint density at radius 3 is 2.80 bits per heavy atom. The van der Waals surface area contributed by atoms with Crippen LogP contribution in [0.15, 0.2) is 24.4 Å². The van der Waals surface area contributed by atoms with Crippen molar-refractivity contribution in [2.24, 2.45) is 5.92 Å². The minimum absolute atomic E-state index is 0.252. The standard InChI is InChI=1S/C16H18N2O2/c1-10-6-14-13(15(19)7-10)8-11(2)18(14)12-4-5-16(20-3)17-9-12/h4-5,8-10H,6-7H2,1-3H3. The number of nitrogens with zero attached hydrogens (tertiary/aromatic N) is 2. The van der Waals surface area contributed by atoms with Gasteiger partial charge >= 0.3 is 0 Å². The first kappa shape index (κ1) is 12.9. The number of ketones is 1. The first-order valence-electron chi connectivity index (χ1n) is 6.85. The number of rotatable bonds is 2. The van der Waals surface area contributed by atoms with Crippen molar-refractivity contribution < 1.29 is 9.53 Å². The third-order valence-electron chi connectivity index (χ3n) is 3.85. The number of methoxy groups -OCH3 is 1. The maximum Gasteiger partial charge on any atom is 0.213 e. The second-order valence-electron chi connectivity index (χ2n) is 5.48. The van der Waals surface area contributed by atoms with Crippen LogP contribution >= 0.6 is 0 Å². The first-order valence-corrected chi connectivity index (χ1v) is 6.85. The topological polar surface area (TPSA) is 44.1 Å². The lowest BCUT2D eigenvalue weighted by atomic mass is 9.88. The quantitative estimate of drug-likeness (QED) is 0.842. The molecule has 2 aromatic rings. The molecule has 0 N–H and O–H groups in total. The van der Waals surface area contributed by atoms with Crippen molar-refractivity contribution in [2.45, 2.75) is 26.7 Å². The monoisotopic (exact) mass is 270 g/mol. The summed E-state index contributed by atoms with van der Waals surface area (Å²) in [5.74, 6) is 1.24. The summed E-state index contributed by atoms with van der Waals surface area (Å²) >= 11 is 0. The zero-order chi connectivity index (χ0) is 14.3. The third-order valence-corrected chi connectivity index (χ3v) is 3.85. The molecule has 0 aromatic carbocycles. The van der Waals surface area contributed by atoms with Crippen LogP contribution < -0.4 is 4.74 Å². The molecule has 0 radical (unpaired) electrons. The maximum absolute atomic E-state index is 12.1. The molecule has 1 aliphatic carbocycles. The minimum atomic E-state index is 0.252. The summed E-state index contributed by atoms with van der Waals surface area (Å²) in [5, 5.41) is 0. The largest absolute Gasteiger partial charge is 0.481 e. The summed E-state index contributed by atoms with van der Waals surface area (Å²) in [6.07, 6.45) is 3.37. The third kappa shape index (κ3) is 2.01. The van der Waals surface area contributed by atoms with E-state index in [0.29, 0.717) is 18.2 Å². The Balaban J connectivity index is 2.11. The smallest absolute Gasteiger partial charge is 0.213 e. The number of ether oxygens (including phenoxy) is 1. The minimum Gasteiger partial charge on any atom is -0.481 e. The van der Waals surface area contributed by atoms with Gasteiger partial charge in [0.25, 0.3) is 0 Å². The van der Waals surface area contributed by atoms with Crippen molar-refractivity contribution in [1.29, 1.82) is 0 Å². The lowest BCUT2D eigenvalue weighted by Crippen LogP contribution is -2.19. The fraction of sp³-hybridized carbons (Fsp3) is 0.375. The number of fused-ring (bicyclic) bond motifs is 1. The summed E-state index contributed by atoms with van der Waals surface area (Å²) in [6.45, 7) is 4.15. The molecule has 4 heteroatoms. The van der Waals surface area contributed by atoms with Crippen LogP contribution in [0.4, 0.5) is 0 Å². The zero-order valence-electron chi connectivity index (χ0n) is 12.0. The van der Waals surface area contributed by atoms with E-state index in [1.807, 2.05) is 25.1 Å². The van der Waals surface area contributed by atoms with E-state index in [1.54, 1.807) is 13.3 Å². The molecule has 0 spiro atoms. The van der Waals surface area contributed by atoms with Crippen molar-refractivity contribution in [2.75, 3.05) is 7.11 Å². The SMILES string of the molecule is COc1ccc(-n2c(C)cc3c2CC(C)CC3=O)cn1. The number of hydrogen-bond acceptors (Lipinski definition) is 3. The average molecular weight is 270 g/mol. The van der Waals surface area contributed by atoms with Gasteiger partial charge in [0, 0.05) is 29.4 Å². The Morgan fingerprint density at radius 1 is 1.35 bits per heavy atom. The number of carbonyl (C=O) groups excluding carboxylic acids is 1. The second kappa shape index (κ2) is 4.78. The summed E-state index contributed by atoms with van der Waals surface area (Å²) in [4.78, 5) is 16.4. The van der Waals surface area contributed by atoms with Gasteiger partial charge in [0.05, 0.1) is 19.0 Å². The van der Waals surface area contributed by atoms with E-state index in [0.717, 1.165) is 29.1 Å². The molecule has 1 atom stereocenters. The molecule has 0 saturated carbocycles. The van der Waals surface area contributed by atoms with Gasteiger partial charge in [-0.1, -0.05) is 6.92 Å². The first-order chi connectivity index (χ1) is 9.60. The molecule has 2 aromatic heterocycles. The summed E-state index contributed by atoms with van der Waals surface area (Å²) in [7, 11) is 1.60. The number of aryl methyl sites for hydroxylation is 1. The van der Waals surface area contributed by atoms with Gasteiger partial charge in [-0.15, -0.1) is 0 Å². The summed E-state index contributed by atoms with van der Waals surface area (Å²) in [6, 6.07) is 5.81. The van der Waals surface area contributed by atoms with Gasteiger partial charge in [0.1, 0.15) is 0 Å². The highest BCUT2D eigenvalue weighted by Crippen LogP contribution is 2.30. The van der Waals surface area contributed by atoms with Crippen LogP contribution in [-0.4, -0.2) is 22.4 Å². The van der Waals surface area contributed by atoms with Gasteiger partial charge in [0.2, 0.25) is 5.88 Å². The lowest BCUT2D eigenvalue weighted by molar-refractivity contribution is 0.0952. The molecule has 4 nitrogen and oxygen atoms in total. The molecule has 0 bridgehead atoms. The Hall–Kier alpha value is -2.10. The van der Waals surface area contributed by atoms with E-state index >= 15 is 0 Å². The van der Waals surface area contributed by atoms with Crippen LogP contribution in [0.1, 0.15) is 35.1 Å². The van der Waals surface area contributed by atoms with Gasteiger partial charge in [-0.05, 0) is 31.4 Å². The molecule has 0 fully saturated rings. The molecular weight excluding hydrogens is 252 g/mol. The van der Waals surface area contributed by atoms with E-state index in [9.17, 15) is 4.79 Å². The van der Waals surface area contributed by atoms with E-state index in [1.165, 1.54) is 0 Å². The van der Waals surface area contributed by atoms with E-state index in [2.05, 4.69) is 16.5 Å². The summed E-state index contributed by atoms with van der Waals surface area (Å²) < 4.78 is 7.22. The van der Waals surface area contributed by atoms with Crippen LogP contribution in [0.5, 0.6) is 5.88 Å². The highest BCUT2D eigenvalue weighted by Gasteiger charge is 2.27. The Bertz CT molecular complexity index is 656. The Kier molecular flexibility index (Phi) is 3.08. The molecule has 0 amide bonds. The van der Waals surface area contributed by atoms with Crippen molar-refractivity contribution in [1.82, 2.24) is 9.55 Å². The molecular formula is C16H18N2O2. The van der Waals surface area contributed by atoms with E-state index in [4.69, 9.17) is 4.74 Å². The fourth-order valence-corrected chi connectivity index (χ4v) is 2.95. The fourth-order valence-electron chi connectivity index (χ4n) is 2.95. The molecule has 3 rings (SSSR count). The van der Waals surface area contributed by atoms with Crippen LogP contribution in [-0.2, 0) is 6.42 Å². The van der Waals surface area contributed by atoms with Crippen LogP contribution in [0.3, 0.4) is 0 Å². The maximum atomic E-state index is 12.1. The van der Waals surface area contributed by atoms with Crippen LogP contribution in [0.2, 0.25) is 0 Å². The van der Waals surface area contributed by atoms with Gasteiger partial charge in [-0.3, -0.25) is 4.79 Å². The highest BCUT2D eigenvalue weighted by molar-refractivity contribution is 5.98. The summed E-state index contributed by atoms with van der Waals surface area (Å²) in [5.41, 5.74) is 4.03. The van der Waals surface area contributed by atoms with Crippen LogP contribution in [0.25, 0.3) is 5.69 Å². The second-order valence-corrected chi connectivity index (χ2v) is 5.48.